The van der Waals surface area contributed by atoms with Crippen LogP contribution in [0.3, 0.4) is 0 Å². The Kier molecular flexibility index (Phi) is 2.49. The van der Waals surface area contributed by atoms with E-state index in [0.717, 1.165) is 12.8 Å². The molecule has 1 aliphatic rings. The van der Waals surface area contributed by atoms with Gasteiger partial charge in [0.15, 0.2) is 0 Å². The van der Waals surface area contributed by atoms with Crippen molar-refractivity contribution in [3.8, 4) is 0 Å². The predicted octanol–water partition coefficient (Wildman–Crippen LogP) is 0.801. The molecular weight excluding hydrogens is 142 g/mol. The van der Waals surface area contributed by atoms with Crippen LogP contribution in [-0.4, -0.2) is 35.6 Å². The number of nitrogens with zero attached hydrogens (tertiary/aromatic N) is 1. The Hall–Kier alpha value is -0.570. The van der Waals surface area contributed by atoms with Crippen molar-refractivity contribution < 1.29 is 9.90 Å². The summed E-state index contributed by atoms with van der Waals surface area (Å²) in [5.41, 5.74) is 0. The fourth-order valence-corrected chi connectivity index (χ4v) is 1.48. The highest BCUT2D eigenvalue weighted by Gasteiger charge is 2.26. The summed E-state index contributed by atoms with van der Waals surface area (Å²) in [5, 5.41) is 8.72. The number of carbonyl (C=O) groups is 1. The highest BCUT2D eigenvalue weighted by atomic mass is 16.4. The SMILES string of the molecule is C[C@@H]1CCC(C(=O)O)CN1C. The lowest BCUT2D eigenvalue weighted by molar-refractivity contribution is -0.143. The molecule has 11 heavy (non-hydrogen) atoms. The standard InChI is InChI=1S/C8H15NO2/c1-6-3-4-7(8(10)11)5-9(6)2/h6-7H,3-5H2,1-2H3,(H,10,11)/t6-,7?/m1/s1. The molecule has 1 aliphatic heterocycles. The summed E-state index contributed by atoms with van der Waals surface area (Å²) < 4.78 is 0. The summed E-state index contributed by atoms with van der Waals surface area (Å²) in [7, 11) is 1.99. The summed E-state index contributed by atoms with van der Waals surface area (Å²) in [6.45, 7) is 2.84. The smallest absolute Gasteiger partial charge is 0.307 e. The third kappa shape index (κ3) is 1.93. The van der Waals surface area contributed by atoms with Gasteiger partial charge >= 0.3 is 5.97 Å². The molecule has 0 aromatic rings. The molecule has 1 fully saturated rings. The van der Waals surface area contributed by atoms with Crippen molar-refractivity contribution in [2.45, 2.75) is 25.8 Å². The molecule has 3 nitrogen and oxygen atoms in total. The second-order valence-corrected chi connectivity index (χ2v) is 3.40. The maximum absolute atomic E-state index is 10.6. The molecule has 0 radical (unpaired) electrons. The van der Waals surface area contributed by atoms with Gasteiger partial charge in [0.05, 0.1) is 5.92 Å². The van der Waals surface area contributed by atoms with Gasteiger partial charge in [-0.2, -0.15) is 0 Å². The minimum Gasteiger partial charge on any atom is -0.481 e. The van der Waals surface area contributed by atoms with Crippen molar-refractivity contribution in [2.75, 3.05) is 13.6 Å². The van der Waals surface area contributed by atoms with E-state index in [1.807, 2.05) is 7.05 Å². The summed E-state index contributed by atoms with van der Waals surface area (Å²) in [6, 6.07) is 0.547. The summed E-state index contributed by atoms with van der Waals surface area (Å²) >= 11 is 0. The van der Waals surface area contributed by atoms with E-state index in [0.29, 0.717) is 12.6 Å². The molecule has 0 spiro atoms. The van der Waals surface area contributed by atoms with E-state index in [9.17, 15) is 4.79 Å². The van der Waals surface area contributed by atoms with Crippen LogP contribution in [0.1, 0.15) is 19.8 Å². The van der Waals surface area contributed by atoms with E-state index in [1.54, 1.807) is 0 Å². The molecule has 1 N–H and O–H groups in total. The number of carboxylic acids is 1. The normalized spacial score (nSPS) is 33.6. The van der Waals surface area contributed by atoms with E-state index in [2.05, 4.69) is 11.8 Å². The number of hydrogen-bond donors (Lipinski definition) is 1. The van der Waals surface area contributed by atoms with Crippen LogP contribution < -0.4 is 0 Å². The summed E-state index contributed by atoms with van der Waals surface area (Å²) in [4.78, 5) is 12.7. The first-order valence-electron chi connectivity index (χ1n) is 4.04. The van der Waals surface area contributed by atoms with Gasteiger partial charge in [0.2, 0.25) is 0 Å². The molecule has 0 bridgehead atoms. The zero-order chi connectivity index (χ0) is 8.43. The number of hydrogen-bond acceptors (Lipinski definition) is 2. The maximum Gasteiger partial charge on any atom is 0.307 e. The van der Waals surface area contributed by atoms with Crippen molar-refractivity contribution in [1.82, 2.24) is 4.90 Å². The predicted molar refractivity (Wildman–Crippen MR) is 42.5 cm³/mol. The number of piperidine rings is 1. The van der Waals surface area contributed by atoms with E-state index in [1.165, 1.54) is 0 Å². The van der Waals surface area contributed by atoms with Crippen molar-refractivity contribution >= 4 is 5.97 Å². The summed E-state index contributed by atoms with van der Waals surface area (Å²) in [5.74, 6) is -0.792. The van der Waals surface area contributed by atoms with Crippen LogP contribution in [0, 0.1) is 5.92 Å². The first-order valence-corrected chi connectivity index (χ1v) is 4.04. The Morgan fingerprint density at radius 1 is 1.55 bits per heavy atom. The van der Waals surface area contributed by atoms with Gasteiger partial charge in [-0.1, -0.05) is 0 Å². The van der Waals surface area contributed by atoms with Crippen LogP contribution in [-0.2, 0) is 4.79 Å². The fraction of sp³-hybridized carbons (Fsp3) is 0.875. The van der Waals surface area contributed by atoms with Crippen LogP contribution in [0.25, 0.3) is 0 Å². The average molecular weight is 157 g/mol. The van der Waals surface area contributed by atoms with Crippen molar-refractivity contribution in [2.24, 2.45) is 5.92 Å². The molecule has 1 rings (SSSR count). The molecule has 0 amide bonds. The van der Waals surface area contributed by atoms with E-state index in [4.69, 9.17) is 5.11 Å². The lowest BCUT2D eigenvalue weighted by Crippen LogP contribution is -2.41. The van der Waals surface area contributed by atoms with Crippen LogP contribution in [0.2, 0.25) is 0 Å². The molecular formula is C8H15NO2. The molecule has 0 aromatic heterocycles. The molecule has 1 saturated heterocycles. The van der Waals surface area contributed by atoms with Crippen molar-refractivity contribution in [1.29, 1.82) is 0 Å². The zero-order valence-electron chi connectivity index (χ0n) is 7.08. The molecule has 64 valence electrons. The highest BCUT2D eigenvalue weighted by molar-refractivity contribution is 5.70. The first kappa shape index (κ1) is 8.53. The van der Waals surface area contributed by atoms with Gasteiger partial charge in [-0.15, -0.1) is 0 Å². The average Bonchev–Trinajstić information content (AvgIpc) is 1.94. The third-order valence-electron chi connectivity index (χ3n) is 2.54. The number of rotatable bonds is 1. The van der Waals surface area contributed by atoms with Gasteiger partial charge in [0, 0.05) is 12.6 Å². The van der Waals surface area contributed by atoms with Crippen LogP contribution >= 0.6 is 0 Å². The van der Waals surface area contributed by atoms with E-state index < -0.39 is 5.97 Å². The van der Waals surface area contributed by atoms with Gasteiger partial charge in [0.1, 0.15) is 0 Å². The lowest BCUT2D eigenvalue weighted by Gasteiger charge is -2.33. The van der Waals surface area contributed by atoms with E-state index in [-0.39, 0.29) is 5.92 Å². The fourth-order valence-electron chi connectivity index (χ4n) is 1.48. The zero-order valence-corrected chi connectivity index (χ0v) is 7.08. The molecule has 0 saturated carbocycles. The quantitative estimate of drug-likeness (QED) is 0.612. The van der Waals surface area contributed by atoms with Gasteiger partial charge in [-0.05, 0) is 26.8 Å². The van der Waals surface area contributed by atoms with Crippen LogP contribution in [0.4, 0.5) is 0 Å². The lowest BCUT2D eigenvalue weighted by atomic mass is 9.94. The second-order valence-electron chi connectivity index (χ2n) is 3.40. The van der Waals surface area contributed by atoms with Crippen molar-refractivity contribution in [3.05, 3.63) is 0 Å². The van der Waals surface area contributed by atoms with Crippen LogP contribution in [0.5, 0.6) is 0 Å². The van der Waals surface area contributed by atoms with Gasteiger partial charge in [0.25, 0.3) is 0 Å². The highest BCUT2D eigenvalue weighted by Crippen LogP contribution is 2.19. The topological polar surface area (TPSA) is 40.5 Å². The Morgan fingerprint density at radius 2 is 2.18 bits per heavy atom. The molecule has 1 heterocycles. The Balaban J connectivity index is 2.46. The van der Waals surface area contributed by atoms with Gasteiger partial charge in [-0.25, -0.2) is 0 Å². The second kappa shape index (κ2) is 3.22. The Labute approximate surface area is 67.0 Å². The van der Waals surface area contributed by atoms with Gasteiger partial charge in [-0.3, -0.25) is 4.79 Å². The third-order valence-corrected chi connectivity index (χ3v) is 2.54. The molecule has 2 atom stereocenters. The number of aliphatic carboxylic acids is 1. The van der Waals surface area contributed by atoms with Crippen molar-refractivity contribution in [3.63, 3.8) is 0 Å². The molecule has 3 heteroatoms. The monoisotopic (exact) mass is 157 g/mol. The molecule has 0 aromatic carbocycles. The van der Waals surface area contributed by atoms with Crippen LogP contribution in [0.15, 0.2) is 0 Å². The Bertz CT molecular complexity index is 158. The number of carboxylic acid groups (broad SMARTS) is 1. The minimum atomic E-state index is -0.649. The minimum absolute atomic E-state index is 0.142. The molecule has 1 unspecified atom stereocenters. The van der Waals surface area contributed by atoms with Gasteiger partial charge < -0.3 is 10.0 Å². The maximum atomic E-state index is 10.6. The Morgan fingerprint density at radius 3 is 2.64 bits per heavy atom. The first-order chi connectivity index (χ1) is 5.11. The summed E-state index contributed by atoms with van der Waals surface area (Å²) in [6.07, 6.45) is 1.84. The molecule has 0 aliphatic carbocycles. The van der Waals surface area contributed by atoms with E-state index >= 15 is 0 Å². The largest absolute Gasteiger partial charge is 0.481 e. The number of likely N-dealkylation sites (tertiary alicyclic amines) is 1.